The SMILES string of the molecule is COc1ccc(NC(=S)NCCCN2CCCC(C)C2)cn1. The molecule has 1 unspecified atom stereocenters. The first-order chi connectivity index (χ1) is 10.7. The lowest BCUT2D eigenvalue weighted by molar-refractivity contribution is 0.182. The number of methoxy groups -OCH3 is 1. The van der Waals surface area contributed by atoms with Gasteiger partial charge in [-0.3, -0.25) is 0 Å². The number of hydrogen-bond donors (Lipinski definition) is 2. The summed E-state index contributed by atoms with van der Waals surface area (Å²) in [6.45, 7) is 6.85. The summed E-state index contributed by atoms with van der Waals surface area (Å²) in [7, 11) is 1.60. The highest BCUT2D eigenvalue weighted by molar-refractivity contribution is 7.80. The number of pyridine rings is 1. The summed E-state index contributed by atoms with van der Waals surface area (Å²) in [5.41, 5.74) is 0.864. The van der Waals surface area contributed by atoms with Crippen LogP contribution in [0.4, 0.5) is 5.69 Å². The second kappa shape index (κ2) is 8.90. The molecule has 1 aliphatic heterocycles. The van der Waals surface area contributed by atoms with Crippen LogP contribution in [0, 0.1) is 5.92 Å². The normalized spacial score (nSPS) is 18.7. The second-order valence-electron chi connectivity index (χ2n) is 5.87. The Kier molecular flexibility index (Phi) is 6.86. The summed E-state index contributed by atoms with van der Waals surface area (Å²) >= 11 is 5.29. The fourth-order valence-electron chi connectivity index (χ4n) is 2.74. The number of piperidine rings is 1. The molecule has 0 spiro atoms. The second-order valence-corrected chi connectivity index (χ2v) is 6.28. The predicted molar refractivity (Wildman–Crippen MR) is 94.5 cm³/mol. The van der Waals surface area contributed by atoms with Crippen molar-refractivity contribution in [2.75, 3.05) is 38.6 Å². The minimum atomic E-state index is 0.597. The van der Waals surface area contributed by atoms with E-state index >= 15 is 0 Å². The Morgan fingerprint density at radius 3 is 3.05 bits per heavy atom. The quantitative estimate of drug-likeness (QED) is 0.620. The van der Waals surface area contributed by atoms with Crippen LogP contribution in [0.25, 0.3) is 0 Å². The standard InChI is InChI=1S/C16H26N4OS/c1-13-5-3-9-20(12-13)10-4-8-17-16(22)19-14-6-7-15(21-2)18-11-14/h6-7,11,13H,3-5,8-10,12H2,1-2H3,(H2,17,19,22). The molecule has 1 fully saturated rings. The summed E-state index contributed by atoms with van der Waals surface area (Å²) in [6.07, 6.45) is 5.52. The number of anilines is 1. The third kappa shape index (κ3) is 5.77. The van der Waals surface area contributed by atoms with E-state index in [1.165, 1.54) is 25.9 Å². The topological polar surface area (TPSA) is 49.4 Å². The summed E-state index contributed by atoms with van der Waals surface area (Å²) in [5.74, 6) is 1.44. The molecule has 1 saturated heterocycles. The molecule has 0 radical (unpaired) electrons. The molecule has 6 heteroatoms. The molecule has 122 valence electrons. The van der Waals surface area contributed by atoms with Crippen LogP contribution in [0.15, 0.2) is 18.3 Å². The molecule has 1 atom stereocenters. The van der Waals surface area contributed by atoms with Crippen LogP contribution < -0.4 is 15.4 Å². The molecule has 2 heterocycles. The van der Waals surface area contributed by atoms with Crippen LogP contribution in [0.1, 0.15) is 26.2 Å². The third-order valence-electron chi connectivity index (χ3n) is 3.88. The van der Waals surface area contributed by atoms with Crippen LogP contribution in [0.2, 0.25) is 0 Å². The Morgan fingerprint density at radius 2 is 2.36 bits per heavy atom. The summed E-state index contributed by atoms with van der Waals surface area (Å²) in [6, 6.07) is 3.71. The highest BCUT2D eigenvalue weighted by atomic mass is 32.1. The molecule has 2 N–H and O–H groups in total. The number of nitrogens with one attached hydrogen (secondary N) is 2. The van der Waals surface area contributed by atoms with Crippen molar-refractivity contribution in [2.45, 2.75) is 26.2 Å². The van der Waals surface area contributed by atoms with Crippen LogP contribution >= 0.6 is 12.2 Å². The summed E-state index contributed by atoms with van der Waals surface area (Å²) in [5, 5.41) is 7.01. The average Bonchev–Trinajstić information content (AvgIpc) is 2.52. The minimum absolute atomic E-state index is 0.597. The summed E-state index contributed by atoms with van der Waals surface area (Å²) in [4.78, 5) is 6.69. The molecule has 1 aromatic rings. The van der Waals surface area contributed by atoms with Crippen molar-refractivity contribution in [3.63, 3.8) is 0 Å². The van der Waals surface area contributed by atoms with E-state index in [9.17, 15) is 0 Å². The molecule has 5 nitrogen and oxygen atoms in total. The van der Waals surface area contributed by atoms with Gasteiger partial charge in [0.15, 0.2) is 5.11 Å². The number of ether oxygens (including phenoxy) is 1. The molecule has 2 rings (SSSR count). The monoisotopic (exact) mass is 322 g/mol. The molecule has 0 amide bonds. The first-order valence-electron chi connectivity index (χ1n) is 7.94. The molecular weight excluding hydrogens is 296 g/mol. The highest BCUT2D eigenvalue weighted by Gasteiger charge is 2.15. The zero-order chi connectivity index (χ0) is 15.8. The van der Waals surface area contributed by atoms with Gasteiger partial charge < -0.3 is 20.3 Å². The van der Waals surface area contributed by atoms with E-state index in [2.05, 4.69) is 27.4 Å². The zero-order valence-electron chi connectivity index (χ0n) is 13.5. The van der Waals surface area contributed by atoms with Crippen LogP contribution in [0.3, 0.4) is 0 Å². The minimum Gasteiger partial charge on any atom is -0.481 e. The Labute approximate surface area is 138 Å². The number of hydrogen-bond acceptors (Lipinski definition) is 4. The van der Waals surface area contributed by atoms with Crippen molar-refractivity contribution in [3.05, 3.63) is 18.3 Å². The van der Waals surface area contributed by atoms with Gasteiger partial charge in [-0.25, -0.2) is 4.98 Å². The van der Waals surface area contributed by atoms with E-state index in [4.69, 9.17) is 17.0 Å². The van der Waals surface area contributed by atoms with Crippen molar-refractivity contribution in [3.8, 4) is 5.88 Å². The van der Waals surface area contributed by atoms with E-state index in [1.807, 2.05) is 12.1 Å². The Balaban J connectivity index is 1.61. The molecule has 0 bridgehead atoms. The third-order valence-corrected chi connectivity index (χ3v) is 4.13. The first kappa shape index (κ1) is 17.0. The summed E-state index contributed by atoms with van der Waals surface area (Å²) < 4.78 is 5.03. The van der Waals surface area contributed by atoms with Gasteiger partial charge in [-0.15, -0.1) is 0 Å². The lowest BCUT2D eigenvalue weighted by Crippen LogP contribution is -2.37. The van der Waals surface area contributed by atoms with Gasteiger partial charge in [0, 0.05) is 19.2 Å². The maximum Gasteiger partial charge on any atom is 0.213 e. The maximum absolute atomic E-state index is 5.29. The fraction of sp³-hybridized carbons (Fsp3) is 0.625. The number of aromatic nitrogens is 1. The van der Waals surface area contributed by atoms with Gasteiger partial charge >= 0.3 is 0 Å². The molecule has 0 aromatic carbocycles. The number of likely N-dealkylation sites (tertiary alicyclic amines) is 1. The predicted octanol–water partition coefficient (Wildman–Crippen LogP) is 2.50. The maximum atomic E-state index is 5.29. The van der Waals surface area contributed by atoms with Gasteiger partial charge in [-0.2, -0.15) is 0 Å². The van der Waals surface area contributed by atoms with Crippen molar-refractivity contribution in [1.82, 2.24) is 15.2 Å². The van der Waals surface area contributed by atoms with Crippen LogP contribution in [-0.4, -0.2) is 48.3 Å². The van der Waals surface area contributed by atoms with E-state index in [-0.39, 0.29) is 0 Å². The molecular formula is C16H26N4OS. The molecule has 1 aliphatic rings. The van der Waals surface area contributed by atoms with E-state index < -0.39 is 0 Å². The van der Waals surface area contributed by atoms with E-state index in [0.717, 1.165) is 31.1 Å². The lowest BCUT2D eigenvalue weighted by atomic mass is 10.0. The van der Waals surface area contributed by atoms with Gasteiger partial charge in [0.1, 0.15) is 0 Å². The van der Waals surface area contributed by atoms with Crippen LogP contribution in [-0.2, 0) is 0 Å². The number of nitrogens with zero attached hydrogens (tertiary/aromatic N) is 2. The van der Waals surface area contributed by atoms with Gasteiger partial charge in [0.05, 0.1) is 19.0 Å². The molecule has 22 heavy (non-hydrogen) atoms. The van der Waals surface area contributed by atoms with Crippen molar-refractivity contribution in [1.29, 1.82) is 0 Å². The van der Waals surface area contributed by atoms with Crippen molar-refractivity contribution in [2.24, 2.45) is 5.92 Å². The molecule has 1 aromatic heterocycles. The molecule has 0 saturated carbocycles. The average molecular weight is 322 g/mol. The smallest absolute Gasteiger partial charge is 0.213 e. The van der Waals surface area contributed by atoms with Gasteiger partial charge in [0.25, 0.3) is 0 Å². The van der Waals surface area contributed by atoms with Crippen LogP contribution in [0.5, 0.6) is 5.88 Å². The Bertz CT molecular complexity index is 466. The van der Waals surface area contributed by atoms with Crippen molar-refractivity contribution < 1.29 is 4.74 Å². The van der Waals surface area contributed by atoms with Gasteiger partial charge in [-0.05, 0) is 56.6 Å². The molecule has 0 aliphatic carbocycles. The Hall–Kier alpha value is -1.40. The zero-order valence-corrected chi connectivity index (χ0v) is 14.3. The van der Waals surface area contributed by atoms with Gasteiger partial charge in [-0.1, -0.05) is 6.92 Å². The van der Waals surface area contributed by atoms with E-state index in [1.54, 1.807) is 13.3 Å². The van der Waals surface area contributed by atoms with Crippen molar-refractivity contribution >= 4 is 23.0 Å². The highest BCUT2D eigenvalue weighted by Crippen LogP contribution is 2.15. The Morgan fingerprint density at radius 1 is 1.50 bits per heavy atom. The van der Waals surface area contributed by atoms with E-state index in [0.29, 0.717) is 11.0 Å². The van der Waals surface area contributed by atoms with Gasteiger partial charge in [0.2, 0.25) is 5.88 Å². The fourth-order valence-corrected chi connectivity index (χ4v) is 2.96. The number of rotatable bonds is 6. The first-order valence-corrected chi connectivity index (χ1v) is 8.35. The number of thiocarbonyl (C=S) groups is 1. The largest absolute Gasteiger partial charge is 0.481 e. The lowest BCUT2D eigenvalue weighted by Gasteiger charge is -2.30.